The molecule has 0 spiro atoms. The van der Waals surface area contributed by atoms with Crippen molar-refractivity contribution in [1.82, 2.24) is 5.32 Å². The number of carbonyl (C=O) groups is 1. The molecule has 1 aliphatic rings. The van der Waals surface area contributed by atoms with Gasteiger partial charge in [0.15, 0.2) is 0 Å². The topological polar surface area (TPSA) is 41.1 Å². The molecule has 1 heterocycles. The van der Waals surface area contributed by atoms with Gasteiger partial charge in [0.05, 0.1) is 11.6 Å². The minimum Gasteiger partial charge on any atom is -0.325 e. The van der Waals surface area contributed by atoms with Crippen molar-refractivity contribution in [1.29, 1.82) is 0 Å². The lowest BCUT2D eigenvalue weighted by atomic mass is 10.0. The standard InChI is InChI=1S/C11H12F2N2OS/c12-11(13)17-9-4-2-1-3-8(9)15-10(16)7-5-14-6-7/h1-4,7,11,14H,5-6H2,(H,15,16). The molecule has 92 valence electrons. The third kappa shape index (κ3) is 3.17. The highest BCUT2D eigenvalue weighted by Crippen LogP contribution is 2.31. The van der Waals surface area contributed by atoms with E-state index in [1.54, 1.807) is 24.3 Å². The van der Waals surface area contributed by atoms with E-state index in [4.69, 9.17) is 0 Å². The zero-order valence-electron chi connectivity index (χ0n) is 8.95. The van der Waals surface area contributed by atoms with Gasteiger partial charge in [-0.2, -0.15) is 8.78 Å². The molecule has 2 rings (SSSR count). The molecule has 1 aliphatic heterocycles. The maximum absolute atomic E-state index is 12.3. The number of hydrogen-bond donors (Lipinski definition) is 2. The van der Waals surface area contributed by atoms with Crippen molar-refractivity contribution in [3.05, 3.63) is 24.3 Å². The van der Waals surface area contributed by atoms with Gasteiger partial charge < -0.3 is 10.6 Å². The molecule has 6 heteroatoms. The van der Waals surface area contributed by atoms with Gasteiger partial charge in [-0.1, -0.05) is 23.9 Å². The Bertz CT molecular complexity index is 410. The summed E-state index contributed by atoms with van der Waals surface area (Å²) in [5.74, 6) is -2.66. The minimum atomic E-state index is -2.49. The highest BCUT2D eigenvalue weighted by Gasteiger charge is 2.25. The summed E-state index contributed by atoms with van der Waals surface area (Å²) in [4.78, 5) is 12.1. The lowest BCUT2D eigenvalue weighted by Gasteiger charge is -2.26. The molecule has 0 radical (unpaired) electrons. The molecule has 2 N–H and O–H groups in total. The van der Waals surface area contributed by atoms with Gasteiger partial charge >= 0.3 is 0 Å². The van der Waals surface area contributed by atoms with Crippen molar-refractivity contribution < 1.29 is 13.6 Å². The van der Waals surface area contributed by atoms with Gasteiger partial charge in [-0.25, -0.2) is 0 Å². The first-order valence-corrected chi connectivity index (χ1v) is 6.10. The van der Waals surface area contributed by atoms with E-state index in [-0.39, 0.29) is 11.8 Å². The van der Waals surface area contributed by atoms with Gasteiger partial charge in [0.2, 0.25) is 5.91 Å². The van der Waals surface area contributed by atoms with Crippen LogP contribution in [0.1, 0.15) is 0 Å². The summed E-state index contributed by atoms with van der Waals surface area (Å²) in [6, 6.07) is 6.59. The van der Waals surface area contributed by atoms with E-state index < -0.39 is 5.76 Å². The second-order valence-electron chi connectivity index (χ2n) is 3.72. The fraction of sp³-hybridized carbons (Fsp3) is 0.364. The van der Waals surface area contributed by atoms with Crippen LogP contribution in [0.3, 0.4) is 0 Å². The smallest absolute Gasteiger partial charge is 0.288 e. The highest BCUT2D eigenvalue weighted by atomic mass is 32.2. The molecule has 3 nitrogen and oxygen atoms in total. The van der Waals surface area contributed by atoms with Crippen LogP contribution in [-0.2, 0) is 4.79 Å². The van der Waals surface area contributed by atoms with E-state index >= 15 is 0 Å². The third-order valence-corrected chi connectivity index (χ3v) is 3.30. The predicted molar refractivity (Wildman–Crippen MR) is 63.3 cm³/mol. The number of para-hydroxylation sites is 1. The van der Waals surface area contributed by atoms with E-state index in [0.717, 1.165) is 0 Å². The molecular formula is C11H12F2N2OS. The van der Waals surface area contributed by atoms with Gasteiger partial charge in [0.1, 0.15) is 0 Å². The Morgan fingerprint density at radius 1 is 1.41 bits per heavy atom. The average molecular weight is 258 g/mol. The number of benzene rings is 1. The number of thioether (sulfide) groups is 1. The van der Waals surface area contributed by atoms with Gasteiger partial charge in [-0.3, -0.25) is 4.79 Å². The van der Waals surface area contributed by atoms with E-state index in [0.29, 0.717) is 35.4 Å². The van der Waals surface area contributed by atoms with Crippen molar-refractivity contribution in [2.45, 2.75) is 10.7 Å². The Labute approximate surface area is 102 Å². The van der Waals surface area contributed by atoms with Crippen LogP contribution in [0.4, 0.5) is 14.5 Å². The molecule has 0 bridgehead atoms. The van der Waals surface area contributed by atoms with Crippen LogP contribution in [0.15, 0.2) is 29.2 Å². The SMILES string of the molecule is O=C(Nc1ccccc1SC(F)F)C1CNC1. The summed E-state index contributed by atoms with van der Waals surface area (Å²) in [6.45, 7) is 1.30. The van der Waals surface area contributed by atoms with Gasteiger partial charge in [-0.05, 0) is 12.1 Å². The lowest BCUT2D eigenvalue weighted by Crippen LogP contribution is -2.48. The molecule has 0 saturated carbocycles. The quantitative estimate of drug-likeness (QED) is 0.813. The zero-order chi connectivity index (χ0) is 12.3. The number of nitrogens with one attached hydrogen (secondary N) is 2. The fourth-order valence-electron chi connectivity index (χ4n) is 1.48. The molecule has 0 aliphatic carbocycles. The number of carbonyl (C=O) groups excluding carboxylic acids is 1. The molecule has 1 aromatic carbocycles. The summed E-state index contributed by atoms with van der Waals surface area (Å²) < 4.78 is 24.6. The Morgan fingerprint density at radius 2 is 2.12 bits per heavy atom. The van der Waals surface area contributed by atoms with Gasteiger partial charge in [0.25, 0.3) is 5.76 Å². The van der Waals surface area contributed by atoms with E-state index in [9.17, 15) is 13.6 Å². The number of amides is 1. The van der Waals surface area contributed by atoms with Crippen LogP contribution in [0.5, 0.6) is 0 Å². The summed E-state index contributed by atoms with van der Waals surface area (Å²) in [7, 11) is 0. The van der Waals surface area contributed by atoms with E-state index in [1.165, 1.54) is 0 Å². The molecule has 1 fully saturated rings. The maximum atomic E-state index is 12.3. The summed E-state index contributed by atoms with van der Waals surface area (Å²) >= 11 is 0.441. The fourth-order valence-corrected chi connectivity index (χ4v) is 2.07. The van der Waals surface area contributed by atoms with Crippen molar-refractivity contribution >= 4 is 23.4 Å². The maximum Gasteiger partial charge on any atom is 0.288 e. The predicted octanol–water partition coefficient (Wildman–Crippen LogP) is 2.16. The Balaban J connectivity index is 2.05. The molecule has 0 aromatic heterocycles. The number of halogens is 2. The molecule has 17 heavy (non-hydrogen) atoms. The summed E-state index contributed by atoms with van der Waals surface area (Å²) in [5.41, 5.74) is 0.453. The summed E-state index contributed by atoms with van der Waals surface area (Å²) in [5, 5.41) is 5.67. The van der Waals surface area contributed by atoms with E-state index in [2.05, 4.69) is 10.6 Å². The molecule has 0 atom stereocenters. The number of rotatable bonds is 4. The van der Waals surface area contributed by atoms with Crippen LogP contribution in [-0.4, -0.2) is 24.8 Å². The molecular weight excluding hydrogens is 246 g/mol. The largest absolute Gasteiger partial charge is 0.325 e. The van der Waals surface area contributed by atoms with Gasteiger partial charge in [-0.15, -0.1) is 0 Å². The van der Waals surface area contributed by atoms with Crippen molar-refractivity contribution in [2.75, 3.05) is 18.4 Å². The minimum absolute atomic E-state index is 0.0559. The first-order valence-electron chi connectivity index (χ1n) is 5.22. The molecule has 0 unspecified atom stereocenters. The van der Waals surface area contributed by atoms with Gasteiger partial charge in [0, 0.05) is 18.0 Å². The Morgan fingerprint density at radius 3 is 2.71 bits per heavy atom. The number of hydrogen-bond acceptors (Lipinski definition) is 3. The molecule has 1 aromatic rings. The average Bonchev–Trinajstić information content (AvgIpc) is 2.17. The third-order valence-electron chi connectivity index (χ3n) is 2.51. The van der Waals surface area contributed by atoms with Crippen LogP contribution < -0.4 is 10.6 Å². The second kappa shape index (κ2) is 5.46. The molecule has 1 amide bonds. The number of anilines is 1. The Kier molecular flexibility index (Phi) is 3.96. The van der Waals surface area contributed by atoms with Crippen molar-refractivity contribution in [3.63, 3.8) is 0 Å². The summed E-state index contributed by atoms with van der Waals surface area (Å²) in [6.07, 6.45) is 0. The molecule has 1 saturated heterocycles. The zero-order valence-corrected chi connectivity index (χ0v) is 9.77. The van der Waals surface area contributed by atoms with Crippen LogP contribution in [0, 0.1) is 5.92 Å². The normalized spacial score (nSPS) is 15.7. The lowest BCUT2D eigenvalue weighted by molar-refractivity contribution is -0.121. The number of alkyl halides is 2. The highest BCUT2D eigenvalue weighted by molar-refractivity contribution is 7.99. The van der Waals surface area contributed by atoms with E-state index in [1.807, 2.05) is 0 Å². The van der Waals surface area contributed by atoms with Crippen molar-refractivity contribution in [3.8, 4) is 0 Å². The van der Waals surface area contributed by atoms with Crippen LogP contribution in [0.2, 0.25) is 0 Å². The second-order valence-corrected chi connectivity index (χ2v) is 4.75. The monoisotopic (exact) mass is 258 g/mol. The Hall–Kier alpha value is -1.14. The van der Waals surface area contributed by atoms with Crippen LogP contribution in [0.25, 0.3) is 0 Å². The van der Waals surface area contributed by atoms with Crippen LogP contribution >= 0.6 is 11.8 Å². The van der Waals surface area contributed by atoms with Crippen molar-refractivity contribution in [2.24, 2.45) is 5.92 Å². The first kappa shape index (κ1) is 12.3. The first-order chi connectivity index (χ1) is 8.16.